The maximum absolute atomic E-state index is 12.7. The molecule has 2 amide bonds. The molecule has 3 N–H and O–H groups in total. The minimum Gasteiger partial charge on any atom is -0.481 e. The third kappa shape index (κ3) is 7.64. The molecule has 0 aliphatic rings. The molecule has 0 bridgehead atoms. The molecule has 2 rings (SSSR count). The van der Waals surface area contributed by atoms with E-state index in [4.69, 9.17) is 19.9 Å². The minimum atomic E-state index is -0.788. The lowest BCUT2D eigenvalue weighted by molar-refractivity contribution is -0.000248. The number of benzene rings is 1. The average molecular weight is 445 g/mol. The molecular weight excluding hydrogens is 412 g/mol. The maximum Gasteiger partial charge on any atom is 0.420 e. The molecule has 9 heteroatoms. The number of hydrogen-bond acceptors (Lipinski definition) is 8. The summed E-state index contributed by atoms with van der Waals surface area (Å²) in [5, 5.41) is 3.13. The van der Waals surface area contributed by atoms with E-state index in [-0.39, 0.29) is 6.54 Å². The van der Waals surface area contributed by atoms with Gasteiger partial charge in [-0.3, -0.25) is 0 Å². The largest absolute Gasteiger partial charge is 0.481 e. The number of amides is 2. The molecule has 0 aliphatic carbocycles. The van der Waals surface area contributed by atoms with Crippen LogP contribution in [0.2, 0.25) is 0 Å². The van der Waals surface area contributed by atoms with E-state index in [0.29, 0.717) is 28.6 Å². The number of nitrogens with one attached hydrogen (secondary N) is 1. The number of nitrogens with zero attached hydrogens (tertiary/aromatic N) is 2. The summed E-state index contributed by atoms with van der Waals surface area (Å²) in [6.45, 7) is 10.3. The smallest absolute Gasteiger partial charge is 0.420 e. The van der Waals surface area contributed by atoms with Gasteiger partial charge in [0.05, 0.1) is 19.3 Å². The van der Waals surface area contributed by atoms with Gasteiger partial charge in [-0.1, -0.05) is 12.1 Å². The van der Waals surface area contributed by atoms with Gasteiger partial charge >= 0.3 is 12.2 Å². The summed E-state index contributed by atoms with van der Waals surface area (Å²) in [5.41, 5.74) is 6.25. The van der Waals surface area contributed by atoms with E-state index in [0.717, 1.165) is 4.90 Å². The normalized spacial score (nSPS) is 11.5. The number of rotatable bonds is 5. The number of nitrogens with two attached hydrogens (primary N) is 1. The van der Waals surface area contributed by atoms with Crippen LogP contribution >= 0.6 is 0 Å². The Hall–Kier alpha value is -3.49. The van der Waals surface area contributed by atoms with Crippen molar-refractivity contribution in [1.82, 2.24) is 9.88 Å². The summed E-state index contributed by atoms with van der Waals surface area (Å²) in [5.74, 6) is 0.844. The van der Waals surface area contributed by atoms with E-state index < -0.39 is 23.4 Å². The van der Waals surface area contributed by atoms with Gasteiger partial charge in [0.2, 0.25) is 5.88 Å². The lowest BCUT2D eigenvalue weighted by atomic mass is 10.2. The van der Waals surface area contributed by atoms with Gasteiger partial charge in [-0.05, 0) is 65.3 Å². The third-order valence-electron chi connectivity index (χ3n) is 3.87. The molecule has 0 atom stereocenters. The fraction of sp³-hybridized carbons (Fsp3) is 0.435. The highest BCUT2D eigenvalue weighted by Gasteiger charge is 2.31. The van der Waals surface area contributed by atoms with E-state index in [1.807, 2.05) is 6.07 Å². The molecule has 0 aliphatic heterocycles. The molecule has 1 aromatic carbocycles. The van der Waals surface area contributed by atoms with Crippen LogP contribution < -0.4 is 15.8 Å². The van der Waals surface area contributed by atoms with Crippen LogP contribution in [-0.4, -0.2) is 40.4 Å². The average Bonchev–Trinajstić information content (AvgIpc) is 2.65. The van der Waals surface area contributed by atoms with Crippen molar-refractivity contribution in [3.63, 3.8) is 0 Å². The van der Waals surface area contributed by atoms with Gasteiger partial charge in [0.15, 0.2) is 5.82 Å². The quantitative estimate of drug-likeness (QED) is 0.655. The molecule has 0 radical (unpaired) electrons. The summed E-state index contributed by atoms with van der Waals surface area (Å²) in [4.78, 5) is 30.7. The highest BCUT2D eigenvalue weighted by Crippen LogP contribution is 2.25. The number of carbonyl (C=O) groups excluding carboxylic acids is 2. The Labute approximate surface area is 188 Å². The number of imide groups is 1. The molecule has 9 nitrogen and oxygen atoms in total. The van der Waals surface area contributed by atoms with Gasteiger partial charge in [-0.2, -0.15) is 4.98 Å². The van der Waals surface area contributed by atoms with Gasteiger partial charge in [0.1, 0.15) is 11.2 Å². The van der Waals surface area contributed by atoms with Crippen LogP contribution in [0.4, 0.5) is 26.8 Å². The zero-order valence-corrected chi connectivity index (χ0v) is 19.7. The van der Waals surface area contributed by atoms with Crippen LogP contribution in [0.5, 0.6) is 5.88 Å². The Morgan fingerprint density at radius 1 is 1.00 bits per heavy atom. The Kier molecular flexibility index (Phi) is 7.56. The Balaban J connectivity index is 2.27. The first-order chi connectivity index (χ1) is 14.8. The number of nitrogen functional groups attached to an aromatic ring is 1. The lowest BCUT2D eigenvalue weighted by Gasteiger charge is -2.28. The monoisotopic (exact) mass is 444 g/mol. The van der Waals surface area contributed by atoms with Crippen LogP contribution in [0.3, 0.4) is 0 Å². The van der Waals surface area contributed by atoms with Gasteiger partial charge < -0.3 is 25.3 Å². The van der Waals surface area contributed by atoms with Crippen molar-refractivity contribution in [2.45, 2.75) is 59.3 Å². The predicted octanol–water partition coefficient (Wildman–Crippen LogP) is 5.09. The SMILES string of the molecule is COc1ccc(N)c(Nc2cccc(CN(C(=O)OC(C)(C)C)C(=O)OC(C)(C)C)c2)n1. The number of aromatic nitrogens is 1. The van der Waals surface area contributed by atoms with Gasteiger partial charge in [0, 0.05) is 11.8 Å². The van der Waals surface area contributed by atoms with E-state index in [1.165, 1.54) is 7.11 Å². The molecule has 2 aromatic rings. The van der Waals surface area contributed by atoms with Crippen molar-refractivity contribution in [2.24, 2.45) is 0 Å². The summed E-state index contributed by atoms with van der Waals surface area (Å²) >= 11 is 0. The zero-order valence-electron chi connectivity index (χ0n) is 19.7. The molecule has 0 fully saturated rings. The van der Waals surface area contributed by atoms with E-state index in [1.54, 1.807) is 71.9 Å². The second kappa shape index (κ2) is 9.76. The van der Waals surface area contributed by atoms with Crippen molar-refractivity contribution in [2.75, 3.05) is 18.2 Å². The van der Waals surface area contributed by atoms with Crippen LogP contribution in [0.25, 0.3) is 0 Å². The van der Waals surface area contributed by atoms with Gasteiger partial charge in [0.25, 0.3) is 0 Å². The zero-order chi connectivity index (χ0) is 24.1. The molecule has 0 saturated heterocycles. The van der Waals surface area contributed by atoms with Crippen molar-refractivity contribution in [3.8, 4) is 5.88 Å². The maximum atomic E-state index is 12.7. The fourth-order valence-electron chi connectivity index (χ4n) is 2.57. The van der Waals surface area contributed by atoms with Crippen molar-refractivity contribution < 1.29 is 23.8 Å². The number of anilines is 3. The molecule has 32 heavy (non-hydrogen) atoms. The Bertz CT molecular complexity index is 936. The molecule has 0 spiro atoms. The second-order valence-corrected chi connectivity index (χ2v) is 9.16. The number of ether oxygens (including phenoxy) is 3. The molecule has 1 aromatic heterocycles. The number of pyridine rings is 1. The van der Waals surface area contributed by atoms with Crippen LogP contribution in [-0.2, 0) is 16.0 Å². The molecular formula is C23H32N4O5. The first kappa shape index (κ1) is 24.8. The van der Waals surface area contributed by atoms with Crippen LogP contribution in [0, 0.1) is 0 Å². The van der Waals surface area contributed by atoms with E-state index >= 15 is 0 Å². The topological polar surface area (TPSA) is 116 Å². The van der Waals surface area contributed by atoms with Crippen molar-refractivity contribution in [1.29, 1.82) is 0 Å². The molecule has 0 saturated carbocycles. The van der Waals surface area contributed by atoms with Crippen molar-refractivity contribution in [3.05, 3.63) is 42.0 Å². The fourth-order valence-corrected chi connectivity index (χ4v) is 2.57. The minimum absolute atomic E-state index is 0.0413. The number of hydrogen-bond donors (Lipinski definition) is 2. The number of methoxy groups -OCH3 is 1. The third-order valence-corrected chi connectivity index (χ3v) is 3.87. The second-order valence-electron chi connectivity index (χ2n) is 9.16. The van der Waals surface area contributed by atoms with Crippen LogP contribution in [0.1, 0.15) is 47.1 Å². The summed E-state index contributed by atoms with van der Waals surface area (Å²) in [6.07, 6.45) is -1.58. The molecule has 174 valence electrons. The molecule has 0 unspecified atom stereocenters. The first-order valence-electron chi connectivity index (χ1n) is 10.2. The standard InChI is InChI=1S/C23H32N4O5/c1-22(2,3)31-20(28)27(21(29)32-23(4,5)6)14-15-9-8-10-16(13-15)25-19-17(24)11-12-18(26-19)30-7/h8-13H,14,24H2,1-7H3,(H,25,26). The Morgan fingerprint density at radius 2 is 1.59 bits per heavy atom. The predicted molar refractivity (Wildman–Crippen MR) is 123 cm³/mol. The van der Waals surface area contributed by atoms with Gasteiger partial charge in [-0.25, -0.2) is 14.5 Å². The van der Waals surface area contributed by atoms with Gasteiger partial charge in [-0.15, -0.1) is 0 Å². The lowest BCUT2D eigenvalue weighted by Crippen LogP contribution is -2.43. The van der Waals surface area contributed by atoms with E-state index in [2.05, 4.69) is 10.3 Å². The number of carbonyl (C=O) groups is 2. The molecule has 1 heterocycles. The summed E-state index contributed by atoms with van der Waals surface area (Å²) in [7, 11) is 1.52. The highest BCUT2D eigenvalue weighted by molar-refractivity contribution is 5.88. The van der Waals surface area contributed by atoms with Crippen LogP contribution in [0.15, 0.2) is 36.4 Å². The van der Waals surface area contributed by atoms with E-state index in [9.17, 15) is 9.59 Å². The highest BCUT2D eigenvalue weighted by atomic mass is 16.6. The first-order valence-corrected chi connectivity index (χ1v) is 10.2. The van der Waals surface area contributed by atoms with Crippen molar-refractivity contribution >= 4 is 29.4 Å². The Morgan fingerprint density at radius 3 is 2.12 bits per heavy atom. The summed E-state index contributed by atoms with van der Waals surface area (Å²) in [6, 6.07) is 10.5. The summed E-state index contributed by atoms with van der Waals surface area (Å²) < 4.78 is 15.9.